The zero-order valence-corrected chi connectivity index (χ0v) is 13.6. The number of furan rings is 1. The summed E-state index contributed by atoms with van der Waals surface area (Å²) in [5.74, 6) is 0.867. The minimum atomic E-state index is -0.0907. The Morgan fingerprint density at radius 2 is 1.52 bits per heavy atom. The van der Waals surface area contributed by atoms with Gasteiger partial charge in [0.1, 0.15) is 16.9 Å². The number of nitrogens with zero attached hydrogens (tertiary/aromatic N) is 2. The summed E-state index contributed by atoms with van der Waals surface area (Å²) >= 11 is 0. The molecule has 2 aromatic heterocycles. The Morgan fingerprint density at radius 1 is 0.857 bits per heavy atom. The lowest BCUT2D eigenvalue weighted by Gasteiger charge is -2.22. The second-order valence-electron chi connectivity index (χ2n) is 7.67. The standard InChI is InChI=1S/C18H22N2O/c1-17(2,3)15-14-13(19-16(20-15)18(4,5)6)11-9-7-8-10-12(11)21-14/h7-10H,1-6H3. The third-order valence-electron chi connectivity index (χ3n) is 3.60. The Hall–Kier alpha value is -1.90. The summed E-state index contributed by atoms with van der Waals surface area (Å²) in [6.45, 7) is 12.9. The van der Waals surface area contributed by atoms with Gasteiger partial charge < -0.3 is 4.42 Å². The van der Waals surface area contributed by atoms with Gasteiger partial charge in [-0.15, -0.1) is 0 Å². The first-order valence-electron chi connectivity index (χ1n) is 7.38. The molecule has 0 N–H and O–H groups in total. The molecule has 0 aliphatic heterocycles. The molecule has 0 amide bonds. The lowest BCUT2D eigenvalue weighted by molar-refractivity contribution is 0.510. The highest BCUT2D eigenvalue weighted by molar-refractivity contribution is 6.03. The van der Waals surface area contributed by atoms with E-state index < -0.39 is 0 Å². The van der Waals surface area contributed by atoms with Crippen molar-refractivity contribution in [3.63, 3.8) is 0 Å². The topological polar surface area (TPSA) is 38.9 Å². The van der Waals surface area contributed by atoms with Crippen molar-refractivity contribution in [2.45, 2.75) is 52.4 Å². The summed E-state index contributed by atoms with van der Waals surface area (Å²) in [4.78, 5) is 9.64. The van der Waals surface area contributed by atoms with Crippen LogP contribution < -0.4 is 0 Å². The molecule has 1 aromatic carbocycles. The van der Waals surface area contributed by atoms with Crippen molar-refractivity contribution < 1.29 is 4.42 Å². The van der Waals surface area contributed by atoms with Crippen molar-refractivity contribution in [1.82, 2.24) is 9.97 Å². The number of fused-ring (bicyclic) bond motifs is 3. The van der Waals surface area contributed by atoms with E-state index >= 15 is 0 Å². The molecule has 0 spiro atoms. The average Bonchev–Trinajstić information content (AvgIpc) is 2.73. The Kier molecular flexibility index (Phi) is 2.88. The maximum atomic E-state index is 6.05. The smallest absolute Gasteiger partial charge is 0.175 e. The fraction of sp³-hybridized carbons (Fsp3) is 0.444. The van der Waals surface area contributed by atoms with Crippen molar-refractivity contribution in [2.24, 2.45) is 0 Å². The van der Waals surface area contributed by atoms with Crippen LogP contribution in [-0.4, -0.2) is 9.97 Å². The molecule has 0 aliphatic rings. The molecular weight excluding hydrogens is 260 g/mol. The highest BCUT2D eigenvalue weighted by Gasteiger charge is 2.28. The number of benzene rings is 1. The number of rotatable bonds is 0. The molecule has 0 aliphatic carbocycles. The van der Waals surface area contributed by atoms with Gasteiger partial charge in [0.15, 0.2) is 5.58 Å². The van der Waals surface area contributed by atoms with Crippen LogP contribution in [0, 0.1) is 0 Å². The molecule has 0 unspecified atom stereocenters. The Morgan fingerprint density at radius 3 is 2.14 bits per heavy atom. The van der Waals surface area contributed by atoms with E-state index in [1.54, 1.807) is 0 Å². The zero-order valence-electron chi connectivity index (χ0n) is 13.6. The summed E-state index contributed by atoms with van der Waals surface area (Å²) in [7, 11) is 0. The molecule has 21 heavy (non-hydrogen) atoms. The zero-order chi connectivity index (χ0) is 15.4. The van der Waals surface area contributed by atoms with Crippen LogP contribution in [0.4, 0.5) is 0 Å². The first-order valence-corrected chi connectivity index (χ1v) is 7.38. The molecule has 0 radical (unpaired) electrons. The Bertz CT molecular complexity index is 817. The fourth-order valence-corrected chi connectivity index (χ4v) is 2.43. The highest BCUT2D eigenvalue weighted by atomic mass is 16.3. The van der Waals surface area contributed by atoms with Gasteiger partial charge in [0.25, 0.3) is 0 Å². The van der Waals surface area contributed by atoms with E-state index in [-0.39, 0.29) is 10.8 Å². The normalized spacial score (nSPS) is 13.2. The van der Waals surface area contributed by atoms with Gasteiger partial charge in [0.05, 0.1) is 5.69 Å². The van der Waals surface area contributed by atoms with Gasteiger partial charge in [-0.2, -0.15) is 0 Å². The number of hydrogen-bond donors (Lipinski definition) is 0. The van der Waals surface area contributed by atoms with Gasteiger partial charge in [-0.1, -0.05) is 53.7 Å². The van der Waals surface area contributed by atoms with Gasteiger partial charge >= 0.3 is 0 Å². The van der Waals surface area contributed by atoms with Crippen LogP contribution in [0.15, 0.2) is 28.7 Å². The minimum Gasteiger partial charge on any atom is -0.452 e. The fourth-order valence-electron chi connectivity index (χ4n) is 2.43. The predicted octanol–water partition coefficient (Wildman–Crippen LogP) is 4.97. The van der Waals surface area contributed by atoms with E-state index in [4.69, 9.17) is 14.4 Å². The molecule has 3 heteroatoms. The molecule has 2 heterocycles. The second-order valence-corrected chi connectivity index (χ2v) is 7.67. The highest BCUT2D eigenvalue weighted by Crippen LogP contribution is 2.35. The van der Waals surface area contributed by atoms with E-state index in [0.29, 0.717) is 0 Å². The summed E-state index contributed by atoms with van der Waals surface area (Å²) in [6, 6.07) is 8.06. The molecular formula is C18H22N2O. The molecule has 0 fully saturated rings. The Balaban J connectivity index is 2.48. The predicted molar refractivity (Wildman–Crippen MR) is 86.7 cm³/mol. The van der Waals surface area contributed by atoms with Crippen LogP contribution in [0.5, 0.6) is 0 Å². The van der Waals surface area contributed by atoms with E-state index in [1.807, 2.05) is 18.2 Å². The summed E-state index contributed by atoms with van der Waals surface area (Å²) in [5.41, 5.74) is 3.42. The number of aromatic nitrogens is 2. The van der Waals surface area contributed by atoms with E-state index in [9.17, 15) is 0 Å². The van der Waals surface area contributed by atoms with Crippen LogP contribution >= 0.6 is 0 Å². The molecule has 3 rings (SSSR count). The first-order chi connectivity index (χ1) is 9.68. The minimum absolute atomic E-state index is 0.0882. The van der Waals surface area contributed by atoms with Crippen molar-refractivity contribution in [2.75, 3.05) is 0 Å². The Labute approximate surface area is 125 Å². The van der Waals surface area contributed by atoms with Gasteiger partial charge in [-0.3, -0.25) is 0 Å². The van der Waals surface area contributed by atoms with E-state index in [2.05, 4.69) is 47.6 Å². The van der Waals surface area contributed by atoms with Crippen molar-refractivity contribution in [3.8, 4) is 0 Å². The van der Waals surface area contributed by atoms with Gasteiger partial charge in [0.2, 0.25) is 0 Å². The monoisotopic (exact) mass is 282 g/mol. The SMILES string of the molecule is CC(C)(C)c1nc(C(C)(C)C)c2oc3ccccc3c2n1. The van der Waals surface area contributed by atoms with Crippen LogP contribution in [0.25, 0.3) is 22.1 Å². The van der Waals surface area contributed by atoms with Crippen molar-refractivity contribution in [1.29, 1.82) is 0 Å². The third kappa shape index (κ3) is 2.31. The van der Waals surface area contributed by atoms with Crippen LogP contribution in [0.3, 0.4) is 0 Å². The molecule has 110 valence electrons. The van der Waals surface area contributed by atoms with Crippen LogP contribution in [0.1, 0.15) is 53.1 Å². The molecule has 3 nitrogen and oxygen atoms in total. The quantitative estimate of drug-likeness (QED) is 0.584. The maximum absolute atomic E-state index is 6.05. The van der Waals surface area contributed by atoms with Crippen molar-refractivity contribution >= 4 is 22.1 Å². The molecule has 0 bridgehead atoms. The molecule has 3 aromatic rings. The lowest BCUT2D eigenvalue weighted by Crippen LogP contribution is -2.21. The van der Waals surface area contributed by atoms with Crippen LogP contribution in [0.2, 0.25) is 0 Å². The summed E-state index contributed by atoms with van der Waals surface area (Å²) in [6.07, 6.45) is 0. The van der Waals surface area contributed by atoms with E-state index in [0.717, 1.165) is 33.6 Å². The van der Waals surface area contributed by atoms with Gasteiger partial charge in [-0.05, 0) is 12.1 Å². The average molecular weight is 282 g/mol. The maximum Gasteiger partial charge on any atom is 0.175 e. The first kappa shape index (κ1) is 14.1. The van der Waals surface area contributed by atoms with Crippen LogP contribution in [-0.2, 0) is 10.8 Å². The third-order valence-corrected chi connectivity index (χ3v) is 3.60. The molecule has 0 saturated carbocycles. The van der Waals surface area contributed by atoms with E-state index in [1.165, 1.54) is 0 Å². The number of para-hydroxylation sites is 1. The molecule has 0 atom stereocenters. The summed E-state index contributed by atoms with van der Waals surface area (Å²) < 4.78 is 6.05. The molecule has 0 saturated heterocycles. The van der Waals surface area contributed by atoms with Gasteiger partial charge in [0, 0.05) is 16.2 Å². The largest absolute Gasteiger partial charge is 0.452 e. The second kappa shape index (κ2) is 4.30. The lowest BCUT2D eigenvalue weighted by atomic mass is 9.89. The summed E-state index contributed by atoms with van der Waals surface area (Å²) in [5, 5.41) is 1.06. The van der Waals surface area contributed by atoms with Crippen molar-refractivity contribution in [3.05, 3.63) is 35.8 Å². The van der Waals surface area contributed by atoms with Gasteiger partial charge in [-0.25, -0.2) is 9.97 Å². The number of hydrogen-bond acceptors (Lipinski definition) is 3.